The number of aromatic nitrogens is 1. The average Bonchev–Trinajstić information content (AvgIpc) is 3.36. The molecule has 0 atom stereocenters. The van der Waals surface area contributed by atoms with Crippen molar-refractivity contribution in [2.45, 2.75) is 0 Å². The molecule has 146 valence electrons. The van der Waals surface area contributed by atoms with Crippen LogP contribution in [-0.2, 0) is 0 Å². The number of pyridine rings is 1. The molecule has 0 saturated heterocycles. The van der Waals surface area contributed by atoms with Gasteiger partial charge in [-0.05, 0) is 36.4 Å². The molecular formula is C27H14BrNO2. The first-order valence-corrected chi connectivity index (χ1v) is 10.9. The van der Waals surface area contributed by atoms with Crippen molar-refractivity contribution in [3.63, 3.8) is 0 Å². The summed E-state index contributed by atoms with van der Waals surface area (Å²) in [6.07, 6.45) is 0. The number of benzene rings is 4. The maximum atomic E-state index is 6.38. The van der Waals surface area contributed by atoms with Gasteiger partial charge in [-0.25, -0.2) is 4.98 Å². The lowest BCUT2D eigenvalue weighted by molar-refractivity contribution is 0.666. The van der Waals surface area contributed by atoms with Gasteiger partial charge in [-0.2, -0.15) is 0 Å². The summed E-state index contributed by atoms with van der Waals surface area (Å²) in [4.78, 5) is 5.15. The molecule has 0 bridgehead atoms. The van der Waals surface area contributed by atoms with E-state index in [1.807, 2.05) is 48.5 Å². The molecule has 3 nitrogen and oxygen atoms in total. The van der Waals surface area contributed by atoms with Crippen molar-refractivity contribution in [2.75, 3.05) is 0 Å². The van der Waals surface area contributed by atoms with Crippen LogP contribution in [0.5, 0.6) is 0 Å². The first kappa shape index (κ1) is 17.1. The van der Waals surface area contributed by atoms with Gasteiger partial charge in [-0.1, -0.05) is 64.5 Å². The van der Waals surface area contributed by atoms with Crippen LogP contribution in [0.3, 0.4) is 0 Å². The minimum Gasteiger partial charge on any atom is -0.456 e. The summed E-state index contributed by atoms with van der Waals surface area (Å²) in [5.41, 5.74) is 6.28. The Hall–Kier alpha value is -3.63. The van der Waals surface area contributed by atoms with Crippen molar-refractivity contribution >= 4 is 70.7 Å². The lowest BCUT2D eigenvalue weighted by Gasteiger charge is -2.07. The molecule has 4 heteroatoms. The fourth-order valence-corrected chi connectivity index (χ4v) is 4.76. The van der Waals surface area contributed by atoms with Crippen LogP contribution < -0.4 is 0 Å². The number of hydrogen-bond donors (Lipinski definition) is 0. The highest BCUT2D eigenvalue weighted by Crippen LogP contribution is 2.41. The van der Waals surface area contributed by atoms with E-state index in [1.54, 1.807) is 0 Å². The third-order valence-corrected chi connectivity index (χ3v) is 6.45. The normalized spacial score (nSPS) is 12.0. The standard InChI is InChI=1S/C27H14BrNO2/c28-16-11-9-15(10-12-16)26-25-18-6-2-4-8-23(18)31-27(25)20-14-24-19(13-21(20)29-26)17-5-1-3-7-22(17)30-24/h1-14H. The van der Waals surface area contributed by atoms with Crippen LogP contribution in [-0.4, -0.2) is 4.98 Å². The summed E-state index contributed by atoms with van der Waals surface area (Å²) in [7, 11) is 0. The van der Waals surface area contributed by atoms with Crippen molar-refractivity contribution < 1.29 is 8.83 Å². The van der Waals surface area contributed by atoms with Gasteiger partial charge in [0.25, 0.3) is 0 Å². The second kappa shape index (κ2) is 6.19. The summed E-state index contributed by atoms with van der Waals surface area (Å²) < 4.78 is 13.6. The highest BCUT2D eigenvalue weighted by atomic mass is 79.9. The molecule has 0 aliphatic heterocycles. The van der Waals surface area contributed by atoms with Crippen LogP contribution in [0.2, 0.25) is 0 Å². The van der Waals surface area contributed by atoms with Crippen LogP contribution in [0.25, 0.3) is 66.0 Å². The highest BCUT2D eigenvalue weighted by molar-refractivity contribution is 9.10. The zero-order chi connectivity index (χ0) is 20.5. The quantitative estimate of drug-likeness (QED) is 0.245. The van der Waals surface area contributed by atoms with E-state index in [0.29, 0.717) is 0 Å². The second-order valence-electron chi connectivity index (χ2n) is 7.73. The number of fused-ring (bicyclic) bond motifs is 8. The van der Waals surface area contributed by atoms with Gasteiger partial charge >= 0.3 is 0 Å². The maximum Gasteiger partial charge on any atom is 0.147 e. The van der Waals surface area contributed by atoms with Crippen LogP contribution in [0, 0.1) is 0 Å². The van der Waals surface area contributed by atoms with E-state index in [4.69, 9.17) is 13.8 Å². The van der Waals surface area contributed by atoms with Crippen LogP contribution in [0.4, 0.5) is 0 Å². The number of hydrogen-bond acceptors (Lipinski definition) is 3. The molecule has 4 aromatic carbocycles. The molecule has 0 radical (unpaired) electrons. The molecule has 0 fully saturated rings. The van der Waals surface area contributed by atoms with Gasteiger partial charge in [-0.15, -0.1) is 0 Å². The van der Waals surface area contributed by atoms with Gasteiger partial charge in [0.15, 0.2) is 0 Å². The Morgan fingerprint density at radius 1 is 0.613 bits per heavy atom. The SMILES string of the molecule is Brc1ccc(-c2nc3cc4c(cc3c3oc5ccccc5c23)oc2ccccc24)cc1. The van der Waals surface area contributed by atoms with Crippen LogP contribution >= 0.6 is 15.9 Å². The van der Waals surface area contributed by atoms with Crippen molar-refractivity contribution in [3.8, 4) is 11.3 Å². The molecule has 0 saturated carbocycles. The molecular weight excluding hydrogens is 450 g/mol. The minimum atomic E-state index is 0.839. The van der Waals surface area contributed by atoms with E-state index in [0.717, 1.165) is 70.5 Å². The zero-order valence-corrected chi connectivity index (χ0v) is 17.8. The van der Waals surface area contributed by atoms with Crippen molar-refractivity contribution in [1.82, 2.24) is 4.98 Å². The molecule has 0 aliphatic carbocycles. The van der Waals surface area contributed by atoms with Gasteiger partial charge in [0.1, 0.15) is 22.3 Å². The van der Waals surface area contributed by atoms with Crippen LogP contribution in [0.1, 0.15) is 0 Å². The highest BCUT2D eigenvalue weighted by Gasteiger charge is 2.19. The maximum absolute atomic E-state index is 6.38. The molecule has 3 aromatic heterocycles. The molecule has 0 aliphatic rings. The van der Waals surface area contributed by atoms with Crippen molar-refractivity contribution in [1.29, 1.82) is 0 Å². The predicted octanol–water partition coefficient (Wildman–Crippen LogP) is 8.46. The molecule has 0 unspecified atom stereocenters. The largest absolute Gasteiger partial charge is 0.456 e. The summed E-state index contributed by atoms with van der Waals surface area (Å²) in [5.74, 6) is 0. The summed E-state index contributed by atoms with van der Waals surface area (Å²) in [6.45, 7) is 0. The van der Waals surface area contributed by atoms with Crippen molar-refractivity contribution in [3.05, 3.63) is 89.4 Å². The van der Waals surface area contributed by atoms with Gasteiger partial charge in [0, 0.05) is 31.6 Å². The molecule has 7 aromatic rings. The van der Waals surface area contributed by atoms with Crippen molar-refractivity contribution in [2.24, 2.45) is 0 Å². The lowest BCUT2D eigenvalue weighted by atomic mass is 10.0. The number of furan rings is 2. The molecule has 31 heavy (non-hydrogen) atoms. The van der Waals surface area contributed by atoms with Gasteiger partial charge in [0.2, 0.25) is 0 Å². The number of nitrogens with zero attached hydrogens (tertiary/aromatic N) is 1. The van der Waals surface area contributed by atoms with E-state index in [-0.39, 0.29) is 0 Å². The monoisotopic (exact) mass is 463 g/mol. The summed E-state index contributed by atoms with van der Waals surface area (Å²) in [6, 6.07) is 28.7. The average molecular weight is 464 g/mol. The zero-order valence-electron chi connectivity index (χ0n) is 16.2. The van der Waals surface area contributed by atoms with E-state index >= 15 is 0 Å². The van der Waals surface area contributed by atoms with Crippen LogP contribution in [0.15, 0.2) is 98.2 Å². The van der Waals surface area contributed by atoms with Gasteiger partial charge < -0.3 is 8.83 Å². The Bertz CT molecular complexity index is 1790. The number of para-hydroxylation sites is 2. The Kier molecular flexibility index (Phi) is 3.41. The Balaban J connectivity index is 1.69. The number of rotatable bonds is 1. The van der Waals surface area contributed by atoms with E-state index in [1.165, 1.54) is 0 Å². The first-order valence-electron chi connectivity index (χ1n) is 10.1. The van der Waals surface area contributed by atoms with Gasteiger partial charge in [-0.3, -0.25) is 0 Å². The Morgan fingerprint density at radius 3 is 2.13 bits per heavy atom. The molecule has 7 rings (SSSR count). The Labute approximate surface area is 185 Å². The third-order valence-electron chi connectivity index (χ3n) is 5.92. The van der Waals surface area contributed by atoms with E-state index in [2.05, 4.69) is 52.3 Å². The molecule has 0 amide bonds. The first-order chi connectivity index (χ1) is 15.3. The summed E-state index contributed by atoms with van der Waals surface area (Å²) >= 11 is 3.54. The van der Waals surface area contributed by atoms with E-state index < -0.39 is 0 Å². The lowest BCUT2D eigenvalue weighted by Crippen LogP contribution is -1.88. The second-order valence-corrected chi connectivity index (χ2v) is 8.65. The fraction of sp³-hybridized carbons (Fsp3) is 0. The molecule has 0 N–H and O–H groups in total. The fourth-order valence-electron chi connectivity index (χ4n) is 4.50. The Morgan fingerprint density at radius 2 is 1.32 bits per heavy atom. The summed E-state index contributed by atoms with van der Waals surface area (Å²) in [5, 5.41) is 5.21. The van der Waals surface area contributed by atoms with Gasteiger partial charge in [0.05, 0.1) is 16.6 Å². The topological polar surface area (TPSA) is 39.2 Å². The number of halogens is 1. The molecule has 0 spiro atoms. The minimum absolute atomic E-state index is 0.839. The predicted molar refractivity (Wildman–Crippen MR) is 129 cm³/mol. The smallest absolute Gasteiger partial charge is 0.147 e. The third kappa shape index (κ3) is 2.42. The molecule has 3 heterocycles. The van der Waals surface area contributed by atoms with E-state index in [9.17, 15) is 0 Å².